The van der Waals surface area contributed by atoms with Gasteiger partial charge in [-0.2, -0.15) is 0 Å². The van der Waals surface area contributed by atoms with E-state index in [2.05, 4.69) is 66.0 Å². The van der Waals surface area contributed by atoms with Crippen molar-refractivity contribution in [1.29, 1.82) is 0 Å². The second-order valence-corrected chi connectivity index (χ2v) is 8.56. The fourth-order valence-electron chi connectivity index (χ4n) is 3.44. The van der Waals surface area contributed by atoms with Gasteiger partial charge in [-0.05, 0) is 43.5 Å². The highest BCUT2D eigenvalue weighted by Gasteiger charge is 2.24. The number of nitrogens with zero attached hydrogens (tertiary/aromatic N) is 1. The van der Waals surface area contributed by atoms with Crippen molar-refractivity contribution >= 4 is 41.5 Å². The van der Waals surface area contributed by atoms with E-state index < -0.39 is 0 Å². The molecule has 3 rings (SSSR count). The Kier molecular flexibility index (Phi) is 9.31. The maximum Gasteiger partial charge on any atom is 0.225 e. The fraction of sp³-hybridized carbons (Fsp3) is 0.417. The number of fused-ring (bicyclic) bond motifs is 1. The summed E-state index contributed by atoms with van der Waals surface area (Å²) in [4.78, 5) is 16.3. The van der Waals surface area contributed by atoms with Gasteiger partial charge in [0.05, 0.1) is 12.2 Å². The van der Waals surface area contributed by atoms with Crippen LogP contribution in [-0.2, 0) is 22.7 Å². The molecule has 31 heavy (non-hydrogen) atoms. The number of hydrogen-bond acceptors (Lipinski definition) is 3. The van der Waals surface area contributed by atoms with Crippen LogP contribution in [0.4, 0.5) is 5.69 Å². The molecule has 168 valence electrons. The third kappa shape index (κ3) is 7.81. The summed E-state index contributed by atoms with van der Waals surface area (Å²) in [6.07, 6.45) is 0.469. The molecule has 0 radical (unpaired) electrons. The van der Waals surface area contributed by atoms with Crippen LogP contribution in [0.1, 0.15) is 49.8 Å². The van der Waals surface area contributed by atoms with Crippen LogP contribution in [0.15, 0.2) is 53.5 Å². The highest BCUT2D eigenvalue weighted by atomic mass is 127. The van der Waals surface area contributed by atoms with Crippen molar-refractivity contribution in [3.8, 4) is 0 Å². The molecule has 1 aliphatic rings. The maximum absolute atomic E-state index is 12.0. The van der Waals surface area contributed by atoms with E-state index >= 15 is 0 Å². The van der Waals surface area contributed by atoms with Gasteiger partial charge in [0, 0.05) is 38.2 Å². The summed E-state index contributed by atoms with van der Waals surface area (Å²) in [6, 6.07) is 16.3. The molecule has 6 nitrogen and oxygen atoms in total. The lowest BCUT2D eigenvalue weighted by Crippen LogP contribution is -2.40. The fourth-order valence-corrected chi connectivity index (χ4v) is 3.44. The van der Waals surface area contributed by atoms with Gasteiger partial charge in [0.25, 0.3) is 0 Å². The van der Waals surface area contributed by atoms with Crippen LogP contribution < -0.4 is 16.0 Å². The Balaban J connectivity index is 0.00000341. The molecule has 1 unspecified atom stereocenters. The van der Waals surface area contributed by atoms with E-state index in [-0.39, 0.29) is 41.4 Å². The van der Waals surface area contributed by atoms with Crippen molar-refractivity contribution in [1.82, 2.24) is 10.6 Å². The molecule has 2 aromatic carbocycles. The standard InChI is InChI=1S/C24H32N4O2.HI/c1-24(2,3)30-16-18-9-7-8-17(12-18)14-26-23(25-4)27-15-19-13-22(29)28-21-11-6-5-10-20(19)21;/h5-12,19H,13-16H2,1-4H3,(H,28,29)(H2,25,26,27);1H. The van der Waals surface area contributed by atoms with Gasteiger partial charge in [-0.15, -0.1) is 24.0 Å². The number of benzene rings is 2. The molecule has 0 fully saturated rings. The highest BCUT2D eigenvalue weighted by molar-refractivity contribution is 14.0. The molecule has 0 aliphatic carbocycles. The Morgan fingerprint density at radius 1 is 1.13 bits per heavy atom. The van der Waals surface area contributed by atoms with Crippen molar-refractivity contribution < 1.29 is 9.53 Å². The average molecular weight is 536 g/mol. The molecular formula is C24H33IN4O2. The summed E-state index contributed by atoms with van der Waals surface area (Å²) in [5.74, 6) is 0.888. The summed E-state index contributed by atoms with van der Waals surface area (Å²) in [7, 11) is 1.75. The van der Waals surface area contributed by atoms with Crippen molar-refractivity contribution in [2.45, 2.75) is 51.9 Å². The molecule has 2 aromatic rings. The number of guanidine groups is 1. The van der Waals surface area contributed by atoms with E-state index in [1.807, 2.05) is 24.3 Å². The van der Waals surface area contributed by atoms with Gasteiger partial charge in [0.1, 0.15) is 0 Å². The Labute approximate surface area is 202 Å². The van der Waals surface area contributed by atoms with Crippen LogP contribution in [0, 0.1) is 0 Å². The molecule has 0 saturated carbocycles. The summed E-state index contributed by atoms with van der Waals surface area (Å²) in [5, 5.41) is 9.66. The van der Waals surface area contributed by atoms with Gasteiger partial charge in [0.15, 0.2) is 5.96 Å². The smallest absolute Gasteiger partial charge is 0.225 e. The lowest BCUT2D eigenvalue weighted by atomic mass is 9.90. The number of rotatable bonds is 6. The molecule has 3 N–H and O–H groups in total. The van der Waals surface area contributed by atoms with E-state index in [4.69, 9.17) is 4.74 Å². The number of carbonyl (C=O) groups is 1. The normalized spacial score (nSPS) is 16.1. The monoisotopic (exact) mass is 536 g/mol. The molecule has 1 heterocycles. The number of amides is 1. The van der Waals surface area contributed by atoms with E-state index in [0.717, 1.165) is 28.3 Å². The van der Waals surface area contributed by atoms with E-state index in [0.29, 0.717) is 26.1 Å². The molecular weight excluding hydrogens is 503 g/mol. The minimum atomic E-state index is -0.158. The average Bonchev–Trinajstić information content (AvgIpc) is 2.72. The molecule has 1 amide bonds. The third-order valence-corrected chi connectivity index (χ3v) is 4.97. The third-order valence-electron chi connectivity index (χ3n) is 4.97. The minimum absolute atomic E-state index is 0. The van der Waals surface area contributed by atoms with Crippen LogP contribution in [0.25, 0.3) is 0 Å². The van der Waals surface area contributed by atoms with Crippen LogP contribution in [0.3, 0.4) is 0 Å². The number of anilines is 1. The first-order valence-corrected chi connectivity index (χ1v) is 10.4. The zero-order chi connectivity index (χ0) is 21.6. The summed E-state index contributed by atoms with van der Waals surface area (Å²) in [6.45, 7) is 8.06. The molecule has 0 spiro atoms. The van der Waals surface area contributed by atoms with Crippen LogP contribution in [0.2, 0.25) is 0 Å². The van der Waals surface area contributed by atoms with Gasteiger partial charge in [-0.25, -0.2) is 0 Å². The molecule has 1 atom stereocenters. The summed E-state index contributed by atoms with van der Waals surface area (Å²) >= 11 is 0. The second kappa shape index (κ2) is 11.5. The van der Waals surface area contributed by atoms with Crippen LogP contribution in [-0.4, -0.2) is 31.1 Å². The number of nitrogens with one attached hydrogen (secondary N) is 3. The predicted molar refractivity (Wildman–Crippen MR) is 137 cm³/mol. The number of ether oxygens (including phenoxy) is 1. The highest BCUT2D eigenvalue weighted by Crippen LogP contribution is 2.31. The summed E-state index contributed by atoms with van der Waals surface area (Å²) < 4.78 is 5.87. The largest absolute Gasteiger partial charge is 0.371 e. The molecule has 1 aliphatic heterocycles. The van der Waals surface area contributed by atoms with Crippen molar-refractivity contribution in [3.05, 3.63) is 65.2 Å². The number of halogens is 1. The summed E-state index contributed by atoms with van der Waals surface area (Å²) in [5.41, 5.74) is 4.21. The Hall–Kier alpha value is -2.13. The number of hydrogen-bond donors (Lipinski definition) is 3. The molecule has 0 saturated heterocycles. The lowest BCUT2D eigenvalue weighted by molar-refractivity contribution is -0.116. The van der Waals surface area contributed by atoms with Gasteiger partial charge < -0.3 is 20.7 Å². The molecule has 7 heteroatoms. The second-order valence-electron chi connectivity index (χ2n) is 8.56. The first-order chi connectivity index (χ1) is 14.3. The van der Waals surface area contributed by atoms with Gasteiger partial charge >= 0.3 is 0 Å². The zero-order valence-electron chi connectivity index (χ0n) is 18.7. The van der Waals surface area contributed by atoms with E-state index in [1.54, 1.807) is 7.05 Å². The quantitative estimate of drug-likeness (QED) is 0.291. The van der Waals surface area contributed by atoms with Gasteiger partial charge in [-0.1, -0.05) is 42.5 Å². The van der Waals surface area contributed by atoms with Gasteiger partial charge in [-0.3, -0.25) is 9.79 Å². The Morgan fingerprint density at radius 2 is 1.87 bits per heavy atom. The maximum atomic E-state index is 12.0. The zero-order valence-corrected chi connectivity index (χ0v) is 21.0. The minimum Gasteiger partial charge on any atom is -0.371 e. The van der Waals surface area contributed by atoms with E-state index in [1.165, 1.54) is 0 Å². The topological polar surface area (TPSA) is 74.8 Å². The Morgan fingerprint density at radius 3 is 2.61 bits per heavy atom. The number of carbonyl (C=O) groups excluding carboxylic acids is 1. The first-order valence-electron chi connectivity index (χ1n) is 10.4. The van der Waals surface area contributed by atoms with Gasteiger partial charge in [0.2, 0.25) is 5.91 Å². The first kappa shape index (κ1) is 25.1. The molecule has 0 bridgehead atoms. The van der Waals surface area contributed by atoms with Crippen molar-refractivity contribution in [2.24, 2.45) is 4.99 Å². The van der Waals surface area contributed by atoms with Crippen molar-refractivity contribution in [2.75, 3.05) is 18.9 Å². The lowest BCUT2D eigenvalue weighted by Gasteiger charge is -2.26. The predicted octanol–water partition coefficient (Wildman–Crippen LogP) is 4.41. The Bertz CT molecular complexity index is 908. The van der Waals surface area contributed by atoms with Crippen LogP contribution >= 0.6 is 24.0 Å². The van der Waals surface area contributed by atoms with E-state index in [9.17, 15) is 4.79 Å². The van der Waals surface area contributed by atoms with Crippen LogP contribution in [0.5, 0.6) is 0 Å². The number of para-hydroxylation sites is 1. The SMILES string of the molecule is CN=C(NCc1cccc(COC(C)(C)C)c1)NCC1CC(=O)Nc2ccccc21.I. The number of aliphatic imine (C=N–C) groups is 1. The van der Waals surface area contributed by atoms with Crippen molar-refractivity contribution in [3.63, 3.8) is 0 Å². The molecule has 0 aromatic heterocycles.